The number of hydrogen-bond acceptors (Lipinski definition) is 6. The van der Waals surface area contributed by atoms with Crippen molar-refractivity contribution in [3.63, 3.8) is 0 Å². The third-order valence-corrected chi connectivity index (χ3v) is 5.11. The summed E-state index contributed by atoms with van der Waals surface area (Å²) in [4.78, 5) is 39.4. The van der Waals surface area contributed by atoms with E-state index in [1.807, 2.05) is 0 Å². The van der Waals surface area contributed by atoms with E-state index >= 15 is 0 Å². The first kappa shape index (κ1) is 21.6. The number of nitrogens with one attached hydrogen (secondary N) is 1. The molecule has 4 amide bonds. The van der Waals surface area contributed by atoms with E-state index in [2.05, 4.69) is 5.32 Å². The van der Waals surface area contributed by atoms with Gasteiger partial charge in [0.25, 0.3) is 5.91 Å². The van der Waals surface area contributed by atoms with Crippen molar-refractivity contribution in [3.8, 4) is 5.75 Å². The van der Waals surface area contributed by atoms with Crippen LogP contribution in [0.15, 0.2) is 18.2 Å². The van der Waals surface area contributed by atoms with Crippen LogP contribution in [0, 0.1) is 0 Å². The first-order valence-corrected chi connectivity index (χ1v) is 9.84. The van der Waals surface area contributed by atoms with Crippen LogP contribution in [0.25, 0.3) is 0 Å². The van der Waals surface area contributed by atoms with Gasteiger partial charge in [0.1, 0.15) is 24.5 Å². The summed E-state index contributed by atoms with van der Waals surface area (Å²) >= 11 is 11.9. The van der Waals surface area contributed by atoms with Crippen molar-refractivity contribution in [3.05, 3.63) is 28.2 Å². The minimum atomic E-state index is -1.14. The summed E-state index contributed by atoms with van der Waals surface area (Å²) < 4.78 is 10.6. The maximum absolute atomic E-state index is 12.5. The molecule has 0 unspecified atom stereocenters. The molecular formula is C18H21Cl2N3O6. The van der Waals surface area contributed by atoms with Gasteiger partial charge in [-0.1, -0.05) is 23.2 Å². The lowest BCUT2D eigenvalue weighted by molar-refractivity contribution is -0.138. The average Bonchev–Trinajstić information content (AvgIpc) is 2.96. The number of morpholine rings is 1. The largest absolute Gasteiger partial charge is 0.489 e. The number of aliphatic hydroxyl groups is 1. The maximum atomic E-state index is 12.5. The van der Waals surface area contributed by atoms with Gasteiger partial charge in [0.15, 0.2) is 0 Å². The van der Waals surface area contributed by atoms with Crippen LogP contribution >= 0.6 is 23.2 Å². The lowest BCUT2D eigenvalue weighted by Crippen LogP contribution is -2.44. The van der Waals surface area contributed by atoms with Crippen molar-refractivity contribution in [2.75, 3.05) is 39.5 Å². The van der Waals surface area contributed by atoms with Gasteiger partial charge in [-0.15, -0.1) is 0 Å². The Morgan fingerprint density at radius 1 is 1.31 bits per heavy atom. The Labute approximate surface area is 177 Å². The van der Waals surface area contributed by atoms with Gasteiger partial charge < -0.3 is 24.8 Å². The molecule has 0 bridgehead atoms. The molecule has 0 spiro atoms. The smallest absolute Gasteiger partial charge is 0.324 e. The number of rotatable bonds is 7. The molecule has 1 aromatic rings. The van der Waals surface area contributed by atoms with Crippen LogP contribution in [0.5, 0.6) is 5.75 Å². The molecular weight excluding hydrogens is 425 g/mol. The Hall–Kier alpha value is -2.07. The number of hydrogen-bond donors (Lipinski definition) is 2. The predicted octanol–water partition coefficient (Wildman–Crippen LogP) is 0.902. The van der Waals surface area contributed by atoms with Gasteiger partial charge in [-0.25, -0.2) is 4.79 Å². The van der Waals surface area contributed by atoms with Gasteiger partial charge in [0.2, 0.25) is 5.91 Å². The van der Waals surface area contributed by atoms with Gasteiger partial charge in [-0.3, -0.25) is 14.5 Å². The van der Waals surface area contributed by atoms with E-state index in [-0.39, 0.29) is 31.2 Å². The van der Waals surface area contributed by atoms with Crippen molar-refractivity contribution in [1.29, 1.82) is 0 Å². The van der Waals surface area contributed by atoms with Crippen molar-refractivity contribution in [1.82, 2.24) is 15.1 Å². The Morgan fingerprint density at radius 3 is 2.76 bits per heavy atom. The summed E-state index contributed by atoms with van der Waals surface area (Å²) in [6, 6.07) is 3.04. The Morgan fingerprint density at radius 2 is 2.03 bits per heavy atom. The third kappa shape index (κ3) is 5.51. The fraction of sp³-hybridized carbons (Fsp3) is 0.500. The summed E-state index contributed by atoms with van der Waals surface area (Å²) in [5.74, 6) is -0.505. The van der Waals surface area contributed by atoms with Crippen molar-refractivity contribution >= 4 is 41.0 Å². The SMILES string of the molecule is O=C(C[C@H]1NC(=O)N(C[C@H](O)COc2cc(Cl)ccc2Cl)C1=O)N1CCOCC1. The second-order valence-corrected chi connectivity index (χ2v) is 7.53. The van der Waals surface area contributed by atoms with Crippen LogP contribution in [0.1, 0.15) is 6.42 Å². The predicted molar refractivity (Wildman–Crippen MR) is 104 cm³/mol. The minimum Gasteiger partial charge on any atom is -0.489 e. The lowest BCUT2D eigenvalue weighted by atomic mass is 10.1. The summed E-state index contributed by atoms with van der Waals surface area (Å²) in [6.45, 7) is 1.34. The number of amides is 4. The van der Waals surface area contributed by atoms with Gasteiger partial charge in [-0.2, -0.15) is 0 Å². The molecule has 2 atom stereocenters. The zero-order valence-electron chi connectivity index (χ0n) is 15.5. The molecule has 1 aromatic carbocycles. The van der Waals surface area contributed by atoms with Crippen LogP contribution in [0.3, 0.4) is 0 Å². The molecule has 158 valence electrons. The number of nitrogens with zero attached hydrogens (tertiary/aromatic N) is 2. The topological polar surface area (TPSA) is 108 Å². The number of β-amino-alcohol motifs (C(OH)–C–C–N with tert-alkyl or cyclic N) is 1. The number of carbonyl (C=O) groups excluding carboxylic acids is 3. The van der Waals surface area contributed by atoms with Crippen LogP contribution in [0.2, 0.25) is 10.0 Å². The number of ether oxygens (including phenoxy) is 2. The van der Waals surface area contributed by atoms with Crippen LogP contribution in [0.4, 0.5) is 4.79 Å². The molecule has 2 aliphatic heterocycles. The van der Waals surface area contributed by atoms with E-state index in [1.165, 1.54) is 6.07 Å². The number of halogens is 2. The second kappa shape index (κ2) is 9.62. The van der Waals surface area contributed by atoms with E-state index in [0.29, 0.717) is 36.3 Å². The number of urea groups is 1. The van der Waals surface area contributed by atoms with Gasteiger partial charge >= 0.3 is 6.03 Å². The van der Waals surface area contributed by atoms with Crippen molar-refractivity contribution < 1.29 is 29.0 Å². The molecule has 9 nitrogen and oxygen atoms in total. The average molecular weight is 446 g/mol. The van der Waals surface area contributed by atoms with Gasteiger partial charge in [-0.05, 0) is 12.1 Å². The quantitative estimate of drug-likeness (QED) is 0.603. The van der Waals surface area contributed by atoms with E-state index in [1.54, 1.807) is 17.0 Å². The standard InChI is InChI=1S/C18H21Cl2N3O6/c19-11-1-2-13(20)15(7-11)29-10-12(24)9-23-17(26)14(21-18(23)27)8-16(25)22-3-5-28-6-4-22/h1-2,7,12,14,24H,3-6,8-10H2,(H,21,27)/t12-,14+/m0/s1. The second-order valence-electron chi connectivity index (χ2n) is 6.69. The Bertz CT molecular complexity index is 787. The molecule has 0 aromatic heterocycles. The fourth-order valence-corrected chi connectivity index (χ4v) is 3.38. The molecule has 2 fully saturated rings. The lowest BCUT2D eigenvalue weighted by Gasteiger charge is -2.27. The van der Waals surface area contributed by atoms with Gasteiger partial charge in [0.05, 0.1) is 31.2 Å². The highest BCUT2D eigenvalue weighted by Crippen LogP contribution is 2.27. The highest BCUT2D eigenvalue weighted by atomic mass is 35.5. The Balaban J connectivity index is 1.51. The van der Waals surface area contributed by atoms with E-state index < -0.39 is 24.1 Å². The molecule has 2 aliphatic rings. The monoisotopic (exact) mass is 445 g/mol. The van der Waals surface area contributed by atoms with Crippen LogP contribution in [-0.2, 0) is 14.3 Å². The Kier molecular flexibility index (Phi) is 7.18. The molecule has 0 radical (unpaired) electrons. The number of benzene rings is 1. The zero-order chi connectivity index (χ0) is 21.0. The van der Waals surface area contributed by atoms with E-state index in [9.17, 15) is 19.5 Å². The number of aliphatic hydroxyl groups excluding tert-OH is 1. The highest BCUT2D eigenvalue weighted by Gasteiger charge is 2.40. The molecule has 2 saturated heterocycles. The summed E-state index contributed by atoms with van der Waals surface area (Å²) in [5.41, 5.74) is 0. The molecule has 29 heavy (non-hydrogen) atoms. The molecule has 2 N–H and O–H groups in total. The number of imide groups is 1. The first-order chi connectivity index (χ1) is 13.8. The maximum Gasteiger partial charge on any atom is 0.324 e. The normalized spacial score (nSPS) is 20.6. The van der Waals surface area contributed by atoms with Crippen molar-refractivity contribution in [2.24, 2.45) is 0 Å². The van der Waals surface area contributed by atoms with Crippen LogP contribution in [-0.4, -0.2) is 84.4 Å². The third-order valence-electron chi connectivity index (χ3n) is 4.57. The minimum absolute atomic E-state index is 0.133. The highest BCUT2D eigenvalue weighted by molar-refractivity contribution is 6.34. The van der Waals surface area contributed by atoms with E-state index in [0.717, 1.165) is 4.90 Å². The summed E-state index contributed by atoms with van der Waals surface area (Å²) in [5, 5.41) is 13.4. The van der Waals surface area contributed by atoms with Crippen LogP contribution < -0.4 is 10.1 Å². The molecule has 3 rings (SSSR count). The molecule has 0 saturated carbocycles. The molecule has 0 aliphatic carbocycles. The summed E-state index contributed by atoms with van der Waals surface area (Å²) in [7, 11) is 0. The first-order valence-electron chi connectivity index (χ1n) is 9.08. The fourth-order valence-electron chi connectivity index (χ4n) is 3.04. The molecule has 2 heterocycles. The van der Waals surface area contributed by atoms with Gasteiger partial charge in [0, 0.05) is 24.2 Å². The van der Waals surface area contributed by atoms with Crippen molar-refractivity contribution in [2.45, 2.75) is 18.6 Å². The summed E-state index contributed by atoms with van der Waals surface area (Å²) in [6.07, 6.45) is -1.28. The zero-order valence-corrected chi connectivity index (χ0v) is 17.0. The van der Waals surface area contributed by atoms with E-state index in [4.69, 9.17) is 32.7 Å². The molecule has 11 heteroatoms. The number of carbonyl (C=O) groups is 3.